The number of rotatable bonds is 5. The average molecular weight is 392 g/mol. The van der Waals surface area contributed by atoms with Crippen LogP contribution in [0, 0.1) is 0 Å². The SMILES string of the molecule is C=CCOC(=O)[C@]1(CC=C)N2C(=O)[C@H](Br)[C@H]2S(=O)(=O)C1(C)C. The van der Waals surface area contributed by atoms with Crippen LogP contribution in [-0.2, 0) is 24.2 Å². The number of hydrogen-bond acceptors (Lipinski definition) is 5. The predicted molar refractivity (Wildman–Crippen MR) is 85.0 cm³/mol. The molecule has 0 radical (unpaired) electrons. The van der Waals surface area contributed by atoms with Crippen molar-refractivity contribution in [2.45, 2.75) is 40.8 Å². The van der Waals surface area contributed by atoms with Crippen LogP contribution in [0.4, 0.5) is 0 Å². The fourth-order valence-corrected chi connectivity index (χ4v) is 6.83. The summed E-state index contributed by atoms with van der Waals surface area (Å²) in [6.45, 7) is 9.91. The Morgan fingerprint density at radius 2 is 2.00 bits per heavy atom. The molecule has 0 N–H and O–H groups in total. The Kier molecular flexibility index (Phi) is 4.06. The predicted octanol–water partition coefficient (Wildman–Crippen LogP) is 1.17. The van der Waals surface area contributed by atoms with Crippen molar-refractivity contribution in [1.29, 1.82) is 0 Å². The zero-order valence-electron chi connectivity index (χ0n) is 12.4. The van der Waals surface area contributed by atoms with E-state index in [4.69, 9.17) is 4.74 Å². The molecule has 122 valence electrons. The Morgan fingerprint density at radius 3 is 2.50 bits per heavy atom. The van der Waals surface area contributed by atoms with Gasteiger partial charge in [-0.25, -0.2) is 13.2 Å². The summed E-state index contributed by atoms with van der Waals surface area (Å²) in [7, 11) is -3.76. The number of hydrogen-bond donors (Lipinski definition) is 0. The zero-order valence-corrected chi connectivity index (χ0v) is 14.8. The first-order chi connectivity index (χ1) is 10.1. The molecule has 0 aliphatic carbocycles. The third-order valence-electron chi connectivity index (χ3n) is 4.52. The van der Waals surface area contributed by atoms with E-state index >= 15 is 0 Å². The van der Waals surface area contributed by atoms with Gasteiger partial charge in [0, 0.05) is 6.42 Å². The molecule has 2 saturated heterocycles. The van der Waals surface area contributed by atoms with Crippen LogP contribution in [0.3, 0.4) is 0 Å². The maximum atomic E-state index is 12.8. The van der Waals surface area contributed by atoms with Gasteiger partial charge in [-0.3, -0.25) is 4.79 Å². The highest BCUT2D eigenvalue weighted by molar-refractivity contribution is 9.10. The Hall–Kier alpha value is -1.15. The van der Waals surface area contributed by atoms with Gasteiger partial charge in [-0.15, -0.1) is 6.58 Å². The van der Waals surface area contributed by atoms with E-state index in [0.29, 0.717) is 0 Å². The lowest BCUT2D eigenvalue weighted by molar-refractivity contribution is -0.170. The third-order valence-corrected chi connectivity index (χ3v) is 8.65. The molecule has 0 aromatic carbocycles. The van der Waals surface area contributed by atoms with Crippen LogP contribution in [-0.4, -0.2) is 52.3 Å². The molecule has 8 heteroatoms. The van der Waals surface area contributed by atoms with E-state index in [-0.39, 0.29) is 13.0 Å². The van der Waals surface area contributed by atoms with Crippen molar-refractivity contribution in [3.63, 3.8) is 0 Å². The summed E-state index contributed by atoms with van der Waals surface area (Å²) in [5.41, 5.74) is -1.61. The van der Waals surface area contributed by atoms with Crippen molar-refractivity contribution in [3.05, 3.63) is 25.3 Å². The number of halogens is 1. The molecule has 0 bridgehead atoms. The van der Waals surface area contributed by atoms with E-state index < -0.39 is 42.2 Å². The molecule has 2 rings (SSSR count). The minimum atomic E-state index is -3.76. The summed E-state index contributed by atoms with van der Waals surface area (Å²) in [6, 6.07) is 0. The van der Waals surface area contributed by atoms with Gasteiger partial charge in [-0.2, -0.15) is 0 Å². The van der Waals surface area contributed by atoms with E-state index in [1.807, 2.05) is 0 Å². The monoisotopic (exact) mass is 391 g/mol. The van der Waals surface area contributed by atoms with Gasteiger partial charge >= 0.3 is 5.97 Å². The van der Waals surface area contributed by atoms with Gasteiger partial charge in [0.15, 0.2) is 20.8 Å². The first kappa shape index (κ1) is 17.2. The number of nitrogens with zero attached hydrogens (tertiary/aromatic N) is 1. The molecule has 0 aromatic heterocycles. The fourth-order valence-electron chi connectivity index (χ4n) is 3.19. The van der Waals surface area contributed by atoms with Crippen molar-refractivity contribution in [1.82, 2.24) is 4.90 Å². The van der Waals surface area contributed by atoms with Gasteiger partial charge < -0.3 is 9.64 Å². The maximum Gasteiger partial charge on any atom is 0.334 e. The lowest BCUT2D eigenvalue weighted by atomic mass is 9.79. The van der Waals surface area contributed by atoms with Crippen LogP contribution in [0.2, 0.25) is 0 Å². The standard InChI is InChI=1S/C14H18BrNO5S/c1-5-7-14(12(18)21-8-6-2)13(3,4)22(19,20)11-9(15)10(17)16(11)14/h5-6,9,11H,1-2,7-8H2,3-4H3/t9-,11+,14-/m0/s1. The summed E-state index contributed by atoms with van der Waals surface area (Å²) in [4.78, 5) is 25.2. The summed E-state index contributed by atoms with van der Waals surface area (Å²) < 4.78 is 29.3. The minimum absolute atomic E-state index is 0.00281. The molecule has 2 aliphatic heterocycles. The van der Waals surface area contributed by atoms with Crippen molar-refractivity contribution in [3.8, 4) is 0 Å². The van der Waals surface area contributed by atoms with Crippen molar-refractivity contribution < 1.29 is 22.7 Å². The lowest BCUT2D eigenvalue weighted by Crippen LogP contribution is -2.71. The van der Waals surface area contributed by atoms with Crippen LogP contribution in [0.25, 0.3) is 0 Å². The normalized spacial score (nSPS) is 34.5. The van der Waals surface area contributed by atoms with Crippen LogP contribution >= 0.6 is 15.9 Å². The number of amides is 1. The number of alkyl halides is 1. The number of β-lactam (4-membered cyclic amide) rings is 1. The summed E-state index contributed by atoms with van der Waals surface area (Å²) in [6.07, 6.45) is 2.82. The molecule has 0 spiro atoms. The molecule has 0 unspecified atom stereocenters. The van der Waals surface area contributed by atoms with E-state index in [1.54, 1.807) is 0 Å². The van der Waals surface area contributed by atoms with E-state index in [0.717, 1.165) is 4.90 Å². The Bertz CT molecular complexity index is 656. The van der Waals surface area contributed by atoms with Crippen molar-refractivity contribution >= 4 is 37.6 Å². The minimum Gasteiger partial charge on any atom is -0.460 e. The van der Waals surface area contributed by atoms with Crippen LogP contribution in [0.1, 0.15) is 20.3 Å². The fraction of sp³-hybridized carbons (Fsp3) is 0.571. The summed E-state index contributed by atoms with van der Waals surface area (Å²) in [5.74, 6) is -1.19. The molecular weight excluding hydrogens is 374 g/mol. The molecule has 3 atom stereocenters. The van der Waals surface area contributed by atoms with Gasteiger partial charge in [-0.05, 0) is 13.8 Å². The topological polar surface area (TPSA) is 80.8 Å². The second-order valence-corrected chi connectivity index (χ2v) is 9.38. The van der Waals surface area contributed by atoms with E-state index in [9.17, 15) is 18.0 Å². The van der Waals surface area contributed by atoms with Gasteiger partial charge in [-0.1, -0.05) is 34.7 Å². The summed E-state index contributed by atoms with van der Waals surface area (Å²) >= 11 is 3.10. The molecule has 1 amide bonds. The number of carbonyl (C=O) groups excluding carboxylic acids is 2. The third kappa shape index (κ3) is 1.73. The number of fused-ring (bicyclic) bond motifs is 1. The van der Waals surface area contributed by atoms with Crippen molar-refractivity contribution in [2.75, 3.05) is 6.61 Å². The molecule has 2 aliphatic rings. The second kappa shape index (κ2) is 5.19. The Morgan fingerprint density at radius 1 is 1.41 bits per heavy atom. The maximum absolute atomic E-state index is 12.8. The molecular formula is C14H18BrNO5S. The zero-order chi connectivity index (χ0) is 16.9. The Labute approximate surface area is 138 Å². The highest BCUT2D eigenvalue weighted by atomic mass is 79.9. The van der Waals surface area contributed by atoms with E-state index in [2.05, 4.69) is 29.1 Å². The number of carbonyl (C=O) groups is 2. The first-order valence-corrected chi connectivity index (χ1v) is 9.17. The Balaban J connectivity index is 2.65. The van der Waals surface area contributed by atoms with Crippen LogP contribution in [0.15, 0.2) is 25.3 Å². The van der Waals surface area contributed by atoms with E-state index in [1.165, 1.54) is 26.0 Å². The number of esters is 1. The van der Waals surface area contributed by atoms with Gasteiger partial charge in [0.05, 0.1) is 0 Å². The largest absolute Gasteiger partial charge is 0.460 e. The molecule has 0 aromatic rings. The first-order valence-electron chi connectivity index (χ1n) is 6.71. The van der Waals surface area contributed by atoms with Crippen molar-refractivity contribution in [2.24, 2.45) is 0 Å². The molecule has 0 saturated carbocycles. The van der Waals surface area contributed by atoms with Gasteiger partial charge in [0.25, 0.3) is 0 Å². The number of ether oxygens (including phenoxy) is 1. The molecule has 22 heavy (non-hydrogen) atoms. The second-order valence-electron chi connectivity index (χ2n) is 5.80. The quantitative estimate of drug-likeness (QED) is 0.304. The van der Waals surface area contributed by atoms with Crippen LogP contribution < -0.4 is 0 Å². The highest BCUT2D eigenvalue weighted by Gasteiger charge is 2.79. The molecule has 6 nitrogen and oxygen atoms in total. The molecule has 2 fully saturated rings. The smallest absolute Gasteiger partial charge is 0.334 e. The van der Waals surface area contributed by atoms with Crippen LogP contribution in [0.5, 0.6) is 0 Å². The highest BCUT2D eigenvalue weighted by Crippen LogP contribution is 2.56. The lowest BCUT2D eigenvalue weighted by Gasteiger charge is -2.47. The molecule has 2 heterocycles. The van der Waals surface area contributed by atoms with Gasteiger partial charge in [0.1, 0.15) is 16.2 Å². The van der Waals surface area contributed by atoms with Gasteiger partial charge in [0.2, 0.25) is 5.91 Å². The number of sulfone groups is 1. The summed E-state index contributed by atoms with van der Waals surface area (Å²) in [5, 5.41) is -1.06. The average Bonchev–Trinajstić information content (AvgIpc) is 2.58.